The van der Waals surface area contributed by atoms with Crippen LogP contribution < -0.4 is 4.90 Å². The van der Waals surface area contributed by atoms with Crippen LogP contribution in [-0.4, -0.2) is 42.8 Å². The standard InChI is InChI=1S/C11H18FN3OS/c1-16-7-4-10-13-11(17-14-10)15-5-2-9(8-12)3-6-15/h9H,2-8H2,1H3. The number of anilines is 1. The summed E-state index contributed by atoms with van der Waals surface area (Å²) < 4.78 is 21.8. The average molecular weight is 259 g/mol. The summed E-state index contributed by atoms with van der Waals surface area (Å²) in [6, 6.07) is 0. The van der Waals surface area contributed by atoms with Crippen LogP contribution in [0.1, 0.15) is 18.7 Å². The van der Waals surface area contributed by atoms with Gasteiger partial charge in [-0.2, -0.15) is 4.37 Å². The molecule has 1 fully saturated rings. The molecule has 0 bridgehead atoms. The van der Waals surface area contributed by atoms with Gasteiger partial charge in [-0.05, 0) is 18.8 Å². The Kier molecular flexibility index (Phi) is 4.67. The lowest BCUT2D eigenvalue weighted by Crippen LogP contribution is -2.34. The third-order valence-electron chi connectivity index (χ3n) is 3.09. The maximum Gasteiger partial charge on any atom is 0.205 e. The van der Waals surface area contributed by atoms with E-state index in [0.29, 0.717) is 6.61 Å². The molecule has 1 aliphatic heterocycles. The maximum atomic E-state index is 12.5. The molecule has 2 heterocycles. The highest BCUT2D eigenvalue weighted by Crippen LogP contribution is 2.24. The van der Waals surface area contributed by atoms with Gasteiger partial charge in [0, 0.05) is 38.2 Å². The summed E-state index contributed by atoms with van der Waals surface area (Å²) in [4.78, 5) is 6.69. The van der Waals surface area contributed by atoms with Crippen LogP contribution in [-0.2, 0) is 11.2 Å². The smallest absolute Gasteiger partial charge is 0.205 e. The normalized spacial score (nSPS) is 17.6. The molecule has 1 aromatic heterocycles. The highest BCUT2D eigenvalue weighted by Gasteiger charge is 2.21. The van der Waals surface area contributed by atoms with E-state index in [1.165, 1.54) is 11.5 Å². The molecular weight excluding hydrogens is 241 g/mol. The molecule has 4 nitrogen and oxygen atoms in total. The topological polar surface area (TPSA) is 38.2 Å². The van der Waals surface area contributed by atoms with Gasteiger partial charge in [0.15, 0.2) is 0 Å². The molecule has 0 aliphatic carbocycles. The van der Waals surface area contributed by atoms with E-state index in [1.807, 2.05) is 0 Å². The lowest BCUT2D eigenvalue weighted by molar-refractivity contribution is 0.201. The van der Waals surface area contributed by atoms with Gasteiger partial charge in [0.05, 0.1) is 13.3 Å². The molecule has 17 heavy (non-hydrogen) atoms. The minimum absolute atomic E-state index is 0.191. The van der Waals surface area contributed by atoms with Gasteiger partial charge in [-0.25, -0.2) is 4.98 Å². The van der Waals surface area contributed by atoms with Crippen LogP contribution in [0.5, 0.6) is 0 Å². The molecule has 0 spiro atoms. The molecule has 0 saturated carbocycles. The lowest BCUT2D eigenvalue weighted by atomic mass is 9.99. The Labute approximate surface area is 105 Å². The Bertz CT molecular complexity index is 339. The minimum Gasteiger partial charge on any atom is -0.384 e. The summed E-state index contributed by atoms with van der Waals surface area (Å²) in [7, 11) is 1.68. The highest BCUT2D eigenvalue weighted by atomic mass is 32.1. The predicted molar refractivity (Wildman–Crippen MR) is 66.4 cm³/mol. The van der Waals surface area contributed by atoms with E-state index in [9.17, 15) is 4.39 Å². The Morgan fingerprint density at radius 2 is 2.24 bits per heavy atom. The Hall–Kier alpha value is -0.750. The van der Waals surface area contributed by atoms with E-state index in [2.05, 4.69) is 14.3 Å². The van der Waals surface area contributed by atoms with E-state index in [4.69, 9.17) is 4.74 Å². The number of nitrogens with zero attached hydrogens (tertiary/aromatic N) is 3. The van der Waals surface area contributed by atoms with Gasteiger partial charge in [0.25, 0.3) is 0 Å². The zero-order chi connectivity index (χ0) is 12.1. The molecule has 0 unspecified atom stereocenters. The fraction of sp³-hybridized carbons (Fsp3) is 0.818. The monoisotopic (exact) mass is 259 g/mol. The Morgan fingerprint density at radius 3 is 2.88 bits per heavy atom. The van der Waals surface area contributed by atoms with Crippen molar-refractivity contribution < 1.29 is 9.13 Å². The molecule has 0 amide bonds. The largest absolute Gasteiger partial charge is 0.384 e. The van der Waals surface area contributed by atoms with Crippen LogP contribution in [0, 0.1) is 5.92 Å². The van der Waals surface area contributed by atoms with Crippen molar-refractivity contribution in [1.29, 1.82) is 0 Å². The predicted octanol–water partition coefficient (Wildman–Crippen LogP) is 1.91. The van der Waals surface area contributed by atoms with Crippen molar-refractivity contribution >= 4 is 16.7 Å². The van der Waals surface area contributed by atoms with Gasteiger partial charge in [0.1, 0.15) is 5.82 Å². The highest BCUT2D eigenvalue weighted by molar-refractivity contribution is 7.09. The van der Waals surface area contributed by atoms with Crippen LogP contribution in [0.4, 0.5) is 9.52 Å². The quantitative estimate of drug-likeness (QED) is 0.809. The molecule has 0 aromatic carbocycles. The first-order chi connectivity index (χ1) is 8.33. The first-order valence-electron chi connectivity index (χ1n) is 5.96. The summed E-state index contributed by atoms with van der Waals surface area (Å²) in [6.45, 7) is 2.25. The lowest BCUT2D eigenvalue weighted by Gasteiger charge is -2.29. The summed E-state index contributed by atoms with van der Waals surface area (Å²) in [5.74, 6) is 1.09. The van der Waals surface area contributed by atoms with Crippen molar-refractivity contribution in [2.24, 2.45) is 5.92 Å². The van der Waals surface area contributed by atoms with E-state index < -0.39 is 0 Å². The molecule has 1 saturated heterocycles. The number of hydrogen-bond acceptors (Lipinski definition) is 5. The fourth-order valence-electron chi connectivity index (χ4n) is 1.95. The first kappa shape index (κ1) is 12.7. The third kappa shape index (κ3) is 3.35. The van der Waals surface area contributed by atoms with Gasteiger partial charge in [-0.3, -0.25) is 4.39 Å². The second kappa shape index (κ2) is 6.26. The zero-order valence-corrected chi connectivity index (χ0v) is 10.9. The summed E-state index contributed by atoms with van der Waals surface area (Å²) >= 11 is 1.43. The number of piperidine rings is 1. The SMILES string of the molecule is COCCc1nsc(N2CCC(CF)CC2)n1. The third-order valence-corrected chi connectivity index (χ3v) is 3.91. The van der Waals surface area contributed by atoms with Crippen LogP contribution in [0.15, 0.2) is 0 Å². The maximum absolute atomic E-state index is 12.5. The molecule has 0 atom stereocenters. The van der Waals surface area contributed by atoms with E-state index in [1.54, 1.807) is 7.11 Å². The van der Waals surface area contributed by atoms with Crippen molar-refractivity contribution in [3.63, 3.8) is 0 Å². The van der Waals surface area contributed by atoms with Gasteiger partial charge in [0.2, 0.25) is 5.13 Å². The van der Waals surface area contributed by atoms with Crippen LogP contribution in [0.3, 0.4) is 0 Å². The first-order valence-corrected chi connectivity index (χ1v) is 6.73. The van der Waals surface area contributed by atoms with Gasteiger partial charge >= 0.3 is 0 Å². The summed E-state index contributed by atoms with van der Waals surface area (Å²) in [5.41, 5.74) is 0. The molecule has 1 aromatic rings. The Balaban J connectivity index is 1.87. The van der Waals surface area contributed by atoms with Crippen molar-refractivity contribution in [2.75, 3.05) is 38.4 Å². The molecule has 0 radical (unpaired) electrons. The summed E-state index contributed by atoms with van der Waals surface area (Å²) in [5, 5.41) is 0.966. The van der Waals surface area contributed by atoms with Crippen LogP contribution in [0.25, 0.3) is 0 Å². The molecular formula is C11H18FN3OS. The van der Waals surface area contributed by atoms with E-state index in [-0.39, 0.29) is 12.6 Å². The van der Waals surface area contributed by atoms with E-state index in [0.717, 1.165) is 43.3 Å². The van der Waals surface area contributed by atoms with Gasteiger partial charge in [-0.15, -0.1) is 0 Å². The second-order valence-corrected chi connectivity index (χ2v) is 5.05. The number of aromatic nitrogens is 2. The minimum atomic E-state index is -0.191. The summed E-state index contributed by atoms with van der Waals surface area (Å²) in [6.07, 6.45) is 2.60. The number of hydrogen-bond donors (Lipinski definition) is 0. The van der Waals surface area contributed by atoms with Crippen molar-refractivity contribution in [3.8, 4) is 0 Å². The molecule has 96 valence electrons. The second-order valence-electron chi connectivity index (χ2n) is 4.32. The van der Waals surface area contributed by atoms with Crippen molar-refractivity contribution in [1.82, 2.24) is 9.36 Å². The molecule has 2 rings (SSSR count). The molecule has 0 N–H and O–H groups in total. The number of rotatable bonds is 5. The zero-order valence-electron chi connectivity index (χ0n) is 10.1. The number of methoxy groups -OCH3 is 1. The van der Waals surface area contributed by atoms with Gasteiger partial charge in [-0.1, -0.05) is 0 Å². The number of halogens is 1. The van der Waals surface area contributed by atoms with Crippen LogP contribution in [0.2, 0.25) is 0 Å². The number of ether oxygens (including phenoxy) is 1. The molecule has 6 heteroatoms. The number of alkyl halides is 1. The van der Waals surface area contributed by atoms with Crippen molar-refractivity contribution in [2.45, 2.75) is 19.3 Å². The molecule has 1 aliphatic rings. The van der Waals surface area contributed by atoms with Crippen molar-refractivity contribution in [3.05, 3.63) is 5.82 Å². The average Bonchev–Trinajstić information content (AvgIpc) is 2.85. The fourth-order valence-corrected chi connectivity index (χ4v) is 2.71. The van der Waals surface area contributed by atoms with Crippen LogP contribution >= 0.6 is 11.5 Å². The Morgan fingerprint density at radius 1 is 1.47 bits per heavy atom. The van der Waals surface area contributed by atoms with E-state index >= 15 is 0 Å². The van der Waals surface area contributed by atoms with Gasteiger partial charge < -0.3 is 9.64 Å².